The molecule has 1 aromatic rings. The fourth-order valence-corrected chi connectivity index (χ4v) is 1.04. The maximum Gasteiger partial charge on any atom is 0.269 e. The Morgan fingerprint density at radius 3 is 2.71 bits per heavy atom. The van der Waals surface area contributed by atoms with Crippen LogP contribution in [0.15, 0.2) is 18.2 Å². The van der Waals surface area contributed by atoms with E-state index < -0.39 is 23.3 Å². The predicted molar refractivity (Wildman–Crippen MR) is 47.1 cm³/mol. The van der Waals surface area contributed by atoms with Crippen LogP contribution in [0.5, 0.6) is 0 Å². The van der Waals surface area contributed by atoms with Gasteiger partial charge in [-0.25, -0.2) is 4.39 Å². The number of nitro benzene ring substituents is 1. The number of nitrogens with zero attached hydrogens (tertiary/aromatic N) is 1. The van der Waals surface area contributed by atoms with Gasteiger partial charge in [0.25, 0.3) is 5.69 Å². The standard InChI is InChI=1S/C9H8F2NO2/c1-6(5-10)8-4-7(12(13)14)2-3-9(8)11/h2-4,6H,1,5H2. The van der Waals surface area contributed by atoms with Crippen molar-refractivity contribution in [2.45, 2.75) is 5.92 Å². The number of rotatable bonds is 3. The molecule has 0 fully saturated rings. The summed E-state index contributed by atoms with van der Waals surface area (Å²) >= 11 is 0. The van der Waals surface area contributed by atoms with Crippen molar-refractivity contribution in [2.75, 3.05) is 6.67 Å². The molecule has 0 saturated heterocycles. The highest BCUT2D eigenvalue weighted by Crippen LogP contribution is 2.23. The first-order valence-corrected chi connectivity index (χ1v) is 3.89. The monoisotopic (exact) mass is 200 g/mol. The maximum atomic E-state index is 13.0. The summed E-state index contributed by atoms with van der Waals surface area (Å²) in [6, 6.07) is 2.98. The summed E-state index contributed by atoms with van der Waals surface area (Å²) < 4.78 is 25.2. The van der Waals surface area contributed by atoms with Gasteiger partial charge in [0.05, 0.1) is 11.6 Å². The molecule has 0 spiro atoms. The van der Waals surface area contributed by atoms with Crippen LogP contribution < -0.4 is 0 Å². The summed E-state index contributed by atoms with van der Waals surface area (Å²) in [7, 11) is 0. The zero-order valence-electron chi connectivity index (χ0n) is 7.24. The highest BCUT2D eigenvalue weighted by Gasteiger charge is 2.15. The number of halogens is 2. The average molecular weight is 200 g/mol. The lowest BCUT2D eigenvalue weighted by atomic mass is 10.0. The molecule has 0 amide bonds. The minimum Gasteiger partial charge on any atom is -0.258 e. The molecule has 0 bridgehead atoms. The molecule has 0 saturated carbocycles. The Labute approximate surface area is 79.5 Å². The Kier molecular flexibility index (Phi) is 3.11. The minimum atomic E-state index is -0.908. The van der Waals surface area contributed by atoms with Crippen molar-refractivity contribution in [1.82, 2.24) is 0 Å². The van der Waals surface area contributed by atoms with E-state index in [2.05, 4.69) is 6.92 Å². The molecule has 14 heavy (non-hydrogen) atoms. The molecule has 0 aromatic heterocycles. The molecule has 1 unspecified atom stereocenters. The smallest absolute Gasteiger partial charge is 0.258 e. The van der Waals surface area contributed by atoms with Crippen LogP contribution in [0.1, 0.15) is 11.5 Å². The van der Waals surface area contributed by atoms with Crippen LogP contribution in [0.3, 0.4) is 0 Å². The van der Waals surface area contributed by atoms with Crippen LogP contribution in [0.2, 0.25) is 0 Å². The molecule has 3 nitrogen and oxygen atoms in total. The molecule has 0 aliphatic heterocycles. The summed E-state index contributed by atoms with van der Waals surface area (Å²) in [5, 5.41) is 10.3. The van der Waals surface area contributed by atoms with Gasteiger partial charge in [-0.15, -0.1) is 0 Å². The normalized spacial score (nSPS) is 12.5. The third kappa shape index (κ3) is 2.04. The van der Waals surface area contributed by atoms with Crippen molar-refractivity contribution < 1.29 is 13.7 Å². The molecule has 1 rings (SSSR count). The Morgan fingerprint density at radius 1 is 1.57 bits per heavy atom. The van der Waals surface area contributed by atoms with Gasteiger partial charge in [-0.1, -0.05) is 0 Å². The highest BCUT2D eigenvalue weighted by molar-refractivity contribution is 5.37. The van der Waals surface area contributed by atoms with Crippen LogP contribution in [-0.4, -0.2) is 11.6 Å². The van der Waals surface area contributed by atoms with Gasteiger partial charge in [0.15, 0.2) is 0 Å². The Bertz CT molecular complexity index is 355. The van der Waals surface area contributed by atoms with Gasteiger partial charge in [0, 0.05) is 23.6 Å². The summed E-state index contributed by atoms with van der Waals surface area (Å²) in [6.07, 6.45) is 0. The average Bonchev–Trinajstić information content (AvgIpc) is 2.17. The van der Waals surface area contributed by atoms with Crippen LogP contribution in [0.25, 0.3) is 0 Å². The number of hydrogen-bond donors (Lipinski definition) is 0. The number of alkyl halides is 1. The van der Waals surface area contributed by atoms with E-state index in [1.165, 1.54) is 0 Å². The molecule has 1 radical (unpaired) electrons. The number of nitro groups is 1. The first-order valence-electron chi connectivity index (χ1n) is 3.89. The Hall–Kier alpha value is -1.52. The number of hydrogen-bond acceptors (Lipinski definition) is 2. The lowest BCUT2D eigenvalue weighted by Crippen LogP contribution is -2.01. The molecule has 1 atom stereocenters. The van der Waals surface area contributed by atoms with Crippen molar-refractivity contribution in [3.8, 4) is 0 Å². The molecule has 0 aliphatic rings. The van der Waals surface area contributed by atoms with Gasteiger partial charge >= 0.3 is 0 Å². The summed E-state index contributed by atoms with van der Waals surface area (Å²) in [6.45, 7) is 2.50. The zero-order valence-corrected chi connectivity index (χ0v) is 7.24. The Morgan fingerprint density at radius 2 is 2.21 bits per heavy atom. The quantitative estimate of drug-likeness (QED) is 0.556. The third-order valence-corrected chi connectivity index (χ3v) is 1.82. The highest BCUT2D eigenvalue weighted by atomic mass is 19.1. The van der Waals surface area contributed by atoms with Gasteiger partial charge < -0.3 is 0 Å². The van der Waals surface area contributed by atoms with Crippen LogP contribution >= 0.6 is 0 Å². The van der Waals surface area contributed by atoms with Crippen LogP contribution in [0, 0.1) is 22.9 Å². The van der Waals surface area contributed by atoms with Crippen LogP contribution in [-0.2, 0) is 0 Å². The molecular weight excluding hydrogens is 192 g/mol. The fraction of sp³-hybridized carbons (Fsp3) is 0.222. The summed E-state index contributed by atoms with van der Waals surface area (Å²) in [5.41, 5.74) is -0.329. The number of benzene rings is 1. The van der Waals surface area contributed by atoms with Gasteiger partial charge in [-0.05, 0) is 13.0 Å². The van der Waals surface area contributed by atoms with E-state index in [-0.39, 0.29) is 11.3 Å². The van der Waals surface area contributed by atoms with E-state index in [9.17, 15) is 18.9 Å². The second kappa shape index (κ2) is 4.13. The molecule has 0 aliphatic carbocycles. The van der Waals surface area contributed by atoms with Gasteiger partial charge in [-0.3, -0.25) is 14.5 Å². The molecule has 0 heterocycles. The van der Waals surface area contributed by atoms with E-state index in [4.69, 9.17) is 0 Å². The van der Waals surface area contributed by atoms with Gasteiger partial charge in [0.2, 0.25) is 0 Å². The molecule has 5 heteroatoms. The lowest BCUT2D eigenvalue weighted by Gasteiger charge is -2.07. The predicted octanol–water partition coefficient (Wildman–Crippen LogP) is 2.62. The second-order valence-electron chi connectivity index (χ2n) is 2.81. The van der Waals surface area contributed by atoms with Crippen molar-refractivity contribution in [1.29, 1.82) is 0 Å². The van der Waals surface area contributed by atoms with Crippen LogP contribution in [0.4, 0.5) is 14.5 Å². The fourth-order valence-electron chi connectivity index (χ4n) is 1.04. The first kappa shape index (κ1) is 10.6. The van der Waals surface area contributed by atoms with Gasteiger partial charge in [0.1, 0.15) is 5.82 Å². The molecule has 1 aromatic carbocycles. The maximum absolute atomic E-state index is 13.0. The molecule has 0 N–H and O–H groups in total. The van der Waals surface area contributed by atoms with E-state index in [0.717, 1.165) is 18.2 Å². The van der Waals surface area contributed by atoms with Crippen molar-refractivity contribution in [3.05, 3.63) is 46.6 Å². The zero-order chi connectivity index (χ0) is 10.7. The van der Waals surface area contributed by atoms with E-state index in [1.807, 2.05) is 0 Å². The largest absolute Gasteiger partial charge is 0.269 e. The summed E-state index contributed by atoms with van der Waals surface area (Å²) in [4.78, 5) is 9.69. The SMILES string of the molecule is [CH2]C(CF)c1cc([N+](=O)[O-])ccc1F. The van der Waals surface area contributed by atoms with Crippen molar-refractivity contribution in [3.63, 3.8) is 0 Å². The minimum absolute atomic E-state index is 0.0679. The molecular formula is C9H8F2NO2. The van der Waals surface area contributed by atoms with Crippen molar-refractivity contribution >= 4 is 5.69 Å². The van der Waals surface area contributed by atoms with E-state index in [0.29, 0.717) is 0 Å². The van der Waals surface area contributed by atoms with E-state index in [1.54, 1.807) is 0 Å². The third-order valence-electron chi connectivity index (χ3n) is 1.82. The topological polar surface area (TPSA) is 43.1 Å². The first-order chi connectivity index (χ1) is 6.56. The lowest BCUT2D eigenvalue weighted by molar-refractivity contribution is -0.385. The van der Waals surface area contributed by atoms with E-state index >= 15 is 0 Å². The van der Waals surface area contributed by atoms with Gasteiger partial charge in [-0.2, -0.15) is 0 Å². The van der Waals surface area contributed by atoms with Crippen molar-refractivity contribution in [2.24, 2.45) is 0 Å². The Balaban J connectivity index is 3.14. The number of non-ortho nitro benzene ring substituents is 1. The second-order valence-corrected chi connectivity index (χ2v) is 2.81. The molecule has 75 valence electrons. The summed E-state index contributed by atoms with van der Waals surface area (Å²) in [5.74, 6) is -1.58.